The molecule has 0 aliphatic heterocycles. The molecule has 0 aromatic heterocycles. The molecule has 0 saturated carbocycles. The molecule has 0 bridgehead atoms. The normalized spacial score (nSPS) is 11.2. The maximum Gasteiger partial charge on any atom is 0.339 e. The summed E-state index contributed by atoms with van der Waals surface area (Å²) in [7, 11) is -3.79. The number of primary sulfonamides is 1. The zero-order valence-electron chi connectivity index (χ0n) is 12.5. The van der Waals surface area contributed by atoms with Crippen molar-refractivity contribution in [1.82, 2.24) is 0 Å². The van der Waals surface area contributed by atoms with Gasteiger partial charge in [-0.2, -0.15) is 0 Å². The van der Waals surface area contributed by atoms with Gasteiger partial charge in [0.1, 0.15) is 19.0 Å². The van der Waals surface area contributed by atoms with Crippen LogP contribution in [0.2, 0.25) is 5.02 Å². The second-order valence-electron chi connectivity index (χ2n) is 4.75. The Morgan fingerprint density at radius 3 is 2.28 bits per heavy atom. The Labute approximate surface area is 147 Å². The van der Waals surface area contributed by atoms with E-state index in [1.54, 1.807) is 0 Å². The monoisotopic (exact) mass is 391 g/mol. The Morgan fingerprint density at radius 2 is 1.68 bits per heavy atom. The summed E-state index contributed by atoms with van der Waals surface area (Å²) in [5.41, 5.74) is -0.307. The number of halogens is 3. The molecule has 2 N–H and O–H groups in total. The number of sulfonamides is 1. The predicted octanol–water partition coefficient (Wildman–Crippen LogP) is 2.50. The molecule has 0 amide bonds. The zero-order valence-corrected chi connectivity index (χ0v) is 14.1. The van der Waals surface area contributed by atoms with Gasteiger partial charge in [0, 0.05) is 0 Å². The van der Waals surface area contributed by atoms with E-state index in [0.29, 0.717) is 17.9 Å². The van der Waals surface area contributed by atoms with Crippen LogP contribution in [0.4, 0.5) is 8.78 Å². The van der Waals surface area contributed by atoms with Gasteiger partial charge in [-0.25, -0.2) is 27.1 Å². The molecule has 0 spiro atoms. The molecule has 0 radical (unpaired) electrons. The first-order valence-corrected chi connectivity index (χ1v) is 8.68. The van der Waals surface area contributed by atoms with Gasteiger partial charge in [-0.1, -0.05) is 11.6 Å². The van der Waals surface area contributed by atoms with E-state index >= 15 is 0 Å². The van der Waals surface area contributed by atoms with Crippen LogP contribution >= 0.6 is 11.6 Å². The average Bonchev–Trinajstić information content (AvgIpc) is 2.54. The topological polar surface area (TPSA) is 95.7 Å². The summed E-state index contributed by atoms with van der Waals surface area (Å²) in [6.45, 7) is -0.243. The number of hydrogen-bond acceptors (Lipinski definition) is 5. The molecule has 25 heavy (non-hydrogen) atoms. The smallest absolute Gasteiger partial charge is 0.339 e. The molecule has 134 valence electrons. The maximum atomic E-state index is 13.1. The molecule has 2 rings (SSSR count). The molecule has 0 aliphatic rings. The van der Waals surface area contributed by atoms with Gasteiger partial charge >= 0.3 is 5.97 Å². The first-order chi connectivity index (χ1) is 11.7. The number of benzene rings is 2. The highest BCUT2D eigenvalue weighted by Gasteiger charge is 2.16. The van der Waals surface area contributed by atoms with Crippen LogP contribution in [0.5, 0.6) is 5.75 Å². The van der Waals surface area contributed by atoms with Crippen LogP contribution in [0, 0.1) is 11.6 Å². The molecule has 0 aliphatic carbocycles. The number of hydrogen-bond donors (Lipinski definition) is 1. The van der Waals surface area contributed by atoms with Gasteiger partial charge in [-0.15, -0.1) is 0 Å². The van der Waals surface area contributed by atoms with Crippen LogP contribution in [-0.4, -0.2) is 27.6 Å². The fraction of sp³-hybridized carbons (Fsp3) is 0.133. The molecule has 2 aromatic carbocycles. The molecule has 0 saturated heterocycles. The first kappa shape index (κ1) is 19.1. The summed E-state index contributed by atoms with van der Waals surface area (Å²) < 4.78 is 58.4. The van der Waals surface area contributed by atoms with Crippen LogP contribution in [0.25, 0.3) is 0 Å². The second kappa shape index (κ2) is 7.77. The van der Waals surface area contributed by atoms with Crippen molar-refractivity contribution in [3.8, 4) is 5.75 Å². The Kier molecular flexibility index (Phi) is 5.93. The highest BCUT2D eigenvalue weighted by atomic mass is 35.5. The average molecular weight is 392 g/mol. The molecule has 0 heterocycles. The van der Waals surface area contributed by atoms with E-state index in [9.17, 15) is 22.0 Å². The number of rotatable bonds is 6. The summed E-state index contributed by atoms with van der Waals surface area (Å²) in [6.07, 6.45) is 0. The lowest BCUT2D eigenvalue weighted by molar-refractivity contribution is 0.0450. The van der Waals surface area contributed by atoms with Gasteiger partial charge in [0.25, 0.3) is 0 Å². The Balaban J connectivity index is 1.87. The molecular formula is C15H12ClF2NO5S. The molecule has 0 fully saturated rings. The van der Waals surface area contributed by atoms with Crippen molar-refractivity contribution in [1.29, 1.82) is 0 Å². The SMILES string of the molecule is NS(=O)(=O)c1ccc(OCCOC(=O)c2cc(F)c(F)cc2Cl)cc1. The fourth-order valence-corrected chi connectivity index (χ4v) is 2.52. The third-order valence-electron chi connectivity index (χ3n) is 2.97. The number of nitrogens with two attached hydrogens (primary N) is 1. The third-order valence-corrected chi connectivity index (χ3v) is 4.21. The van der Waals surface area contributed by atoms with E-state index in [0.717, 1.165) is 0 Å². The van der Waals surface area contributed by atoms with E-state index in [1.165, 1.54) is 24.3 Å². The number of carbonyl (C=O) groups excluding carboxylic acids is 1. The molecule has 2 aromatic rings. The second-order valence-corrected chi connectivity index (χ2v) is 6.72. The summed E-state index contributed by atoms with van der Waals surface area (Å²) in [6, 6.07) is 6.61. The third kappa shape index (κ3) is 5.12. The first-order valence-electron chi connectivity index (χ1n) is 6.76. The molecule has 6 nitrogen and oxygen atoms in total. The van der Waals surface area contributed by atoms with Crippen molar-refractivity contribution in [2.45, 2.75) is 4.90 Å². The Bertz CT molecular complexity index is 888. The highest BCUT2D eigenvalue weighted by Crippen LogP contribution is 2.21. The molecule has 10 heteroatoms. The van der Waals surface area contributed by atoms with Crippen molar-refractivity contribution in [2.24, 2.45) is 5.14 Å². The van der Waals surface area contributed by atoms with Crippen LogP contribution in [0.15, 0.2) is 41.3 Å². The van der Waals surface area contributed by atoms with Gasteiger partial charge < -0.3 is 9.47 Å². The van der Waals surface area contributed by atoms with Crippen molar-refractivity contribution >= 4 is 27.6 Å². The number of carbonyl (C=O) groups is 1. The molecule has 0 atom stereocenters. The van der Waals surface area contributed by atoms with Crippen molar-refractivity contribution in [3.05, 3.63) is 58.6 Å². The van der Waals surface area contributed by atoms with E-state index < -0.39 is 27.6 Å². The van der Waals surface area contributed by atoms with Crippen LogP contribution < -0.4 is 9.88 Å². The molecular weight excluding hydrogens is 380 g/mol. The van der Waals surface area contributed by atoms with E-state index in [2.05, 4.69) is 0 Å². The van der Waals surface area contributed by atoms with Crippen molar-refractivity contribution in [2.75, 3.05) is 13.2 Å². The fourth-order valence-electron chi connectivity index (χ4n) is 1.78. The largest absolute Gasteiger partial charge is 0.490 e. The summed E-state index contributed by atoms with van der Waals surface area (Å²) in [5, 5.41) is 4.69. The summed E-state index contributed by atoms with van der Waals surface area (Å²) in [5.74, 6) is -3.00. The Morgan fingerprint density at radius 1 is 1.08 bits per heavy atom. The zero-order chi connectivity index (χ0) is 18.6. The van der Waals surface area contributed by atoms with Gasteiger partial charge in [0.2, 0.25) is 10.0 Å². The van der Waals surface area contributed by atoms with Gasteiger partial charge in [0.05, 0.1) is 15.5 Å². The number of ether oxygens (including phenoxy) is 2. The van der Waals surface area contributed by atoms with Crippen LogP contribution in [0.1, 0.15) is 10.4 Å². The van der Waals surface area contributed by atoms with Crippen molar-refractivity contribution < 1.29 is 31.5 Å². The molecule has 0 unspecified atom stereocenters. The standard InChI is InChI=1S/C15H12ClF2NO5S/c16-12-8-14(18)13(17)7-11(12)15(20)24-6-5-23-9-1-3-10(4-2-9)25(19,21)22/h1-4,7-8H,5-6H2,(H2,19,21,22). The van der Waals surface area contributed by atoms with Gasteiger partial charge in [-0.3, -0.25) is 0 Å². The van der Waals surface area contributed by atoms with Crippen molar-refractivity contribution in [3.63, 3.8) is 0 Å². The maximum absolute atomic E-state index is 13.1. The highest BCUT2D eigenvalue weighted by molar-refractivity contribution is 7.89. The minimum Gasteiger partial charge on any atom is -0.490 e. The minimum atomic E-state index is -3.79. The lowest BCUT2D eigenvalue weighted by Crippen LogP contribution is -2.14. The quantitative estimate of drug-likeness (QED) is 0.463. The number of esters is 1. The van der Waals surface area contributed by atoms with E-state index in [1.807, 2.05) is 0 Å². The summed E-state index contributed by atoms with van der Waals surface area (Å²) >= 11 is 5.66. The van der Waals surface area contributed by atoms with E-state index in [4.69, 9.17) is 26.2 Å². The van der Waals surface area contributed by atoms with E-state index in [-0.39, 0.29) is 28.7 Å². The lowest BCUT2D eigenvalue weighted by atomic mass is 10.2. The Hall–Kier alpha value is -2.23. The van der Waals surface area contributed by atoms with Crippen LogP contribution in [-0.2, 0) is 14.8 Å². The summed E-state index contributed by atoms with van der Waals surface area (Å²) in [4.78, 5) is 11.7. The van der Waals surface area contributed by atoms with Gasteiger partial charge in [-0.05, 0) is 36.4 Å². The lowest BCUT2D eigenvalue weighted by Gasteiger charge is -2.09. The van der Waals surface area contributed by atoms with Gasteiger partial charge in [0.15, 0.2) is 11.6 Å². The van der Waals surface area contributed by atoms with Crippen LogP contribution in [0.3, 0.4) is 0 Å². The minimum absolute atomic E-state index is 0.0538. The predicted molar refractivity (Wildman–Crippen MR) is 85.0 cm³/mol.